The van der Waals surface area contributed by atoms with Crippen molar-refractivity contribution in [3.63, 3.8) is 0 Å². The molecule has 1 atom stereocenters. The van der Waals surface area contributed by atoms with Crippen LogP contribution in [0.1, 0.15) is 30.6 Å². The highest BCUT2D eigenvalue weighted by Crippen LogP contribution is 2.26. The molecule has 2 rings (SSSR count). The molecule has 2 N–H and O–H groups in total. The van der Waals surface area contributed by atoms with Gasteiger partial charge in [0.2, 0.25) is 5.91 Å². The third-order valence-electron chi connectivity index (χ3n) is 4.49. The first-order chi connectivity index (χ1) is 15.2. The van der Waals surface area contributed by atoms with Gasteiger partial charge in [0.05, 0.1) is 24.1 Å². The number of benzene rings is 1. The van der Waals surface area contributed by atoms with E-state index in [1.807, 2.05) is 13.8 Å². The molecular weight excluding hydrogens is 502 g/mol. The Hall–Kier alpha value is -2.24. The first kappa shape index (κ1) is 26.0. The van der Waals surface area contributed by atoms with Gasteiger partial charge in [0, 0.05) is 25.8 Å². The molecule has 1 saturated heterocycles. The Morgan fingerprint density at radius 1 is 1.34 bits per heavy atom. The van der Waals surface area contributed by atoms with Crippen molar-refractivity contribution < 1.29 is 28.6 Å². The molecule has 11 heteroatoms. The van der Waals surface area contributed by atoms with Crippen molar-refractivity contribution in [2.75, 3.05) is 40.0 Å². The number of carbonyl (C=O) groups is 3. The first-order valence-electron chi connectivity index (χ1n) is 10.2. The number of methoxy groups -OCH3 is 1. The first-order valence-corrected chi connectivity index (χ1v) is 11.4. The molecule has 1 aromatic carbocycles. The Balaban J connectivity index is 2.02. The molecule has 1 heterocycles. The summed E-state index contributed by atoms with van der Waals surface area (Å²) in [5, 5.41) is 5.43. The molecule has 0 saturated carbocycles. The van der Waals surface area contributed by atoms with Crippen LogP contribution in [-0.2, 0) is 19.1 Å². The predicted octanol–water partition coefficient (Wildman–Crippen LogP) is 1.88. The Kier molecular flexibility index (Phi) is 10.3. The molecule has 1 aliphatic heterocycles. The second-order valence-electron chi connectivity index (χ2n) is 7.53. The van der Waals surface area contributed by atoms with Crippen LogP contribution < -0.4 is 15.4 Å². The number of nitrogens with zero attached hydrogens (tertiary/aromatic N) is 1. The minimum Gasteiger partial charge on any atom is -0.490 e. The van der Waals surface area contributed by atoms with E-state index in [1.165, 1.54) is 0 Å². The van der Waals surface area contributed by atoms with Crippen LogP contribution in [0.5, 0.6) is 5.75 Å². The third-order valence-corrected chi connectivity index (χ3v) is 5.45. The normalized spacial score (nSPS) is 15.8. The van der Waals surface area contributed by atoms with Crippen LogP contribution >= 0.6 is 28.1 Å². The van der Waals surface area contributed by atoms with Gasteiger partial charge in [0.1, 0.15) is 18.4 Å². The van der Waals surface area contributed by atoms with E-state index in [-0.39, 0.29) is 30.0 Å². The van der Waals surface area contributed by atoms with Gasteiger partial charge in [-0.25, -0.2) is 0 Å². The summed E-state index contributed by atoms with van der Waals surface area (Å²) in [5.74, 6) is -0.505. The SMILES string of the molecule is COCCOc1ccc(C(=O)NC(=S)N2CCNC(=O)C2CC(=O)OCC(C)C)cc1Br. The summed E-state index contributed by atoms with van der Waals surface area (Å²) in [6, 6.07) is 4.04. The molecule has 9 nitrogen and oxygen atoms in total. The highest BCUT2D eigenvalue weighted by atomic mass is 79.9. The van der Waals surface area contributed by atoms with Crippen molar-refractivity contribution in [3.8, 4) is 5.75 Å². The van der Waals surface area contributed by atoms with E-state index in [4.69, 9.17) is 26.4 Å². The molecule has 0 bridgehead atoms. The summed E-state index contributed by atoms with van der Waals surface area (Å²) in [7, 11) is 1.58. The molecule has 32 heavy (non-hydrogen) atoms. The third kappa shape index (κ3) is 7.72. The molecular formula is C21H28BrN3O6S. The molecule has 2 amide bonds. The van der Waals surface area contributed by atoms with Gasteiger partial charge in [-0.1, -0.05) is 13.8 Å². The van der Waals surface area contributed by atoms with E-state index in [9.17, 15) is 14.4 Å². The van der Waals surface area contributed by atoms with Crippen LogP contribution in [0.4, 0.5) is 0 Å². The van der Waals surface area contributed by atoms with Crippen LogP contribution in [-0.4, -0.2) is 73.9 Å². The van der Waals surface area contributed by atoms with Crippen molar-refractivity contribution in [2.24, 2.45) is 5.92 Å². The van der Waals surface area contributed by atoms with Gasteiger partial charge in [-0.15, -0.1) is 0 Å². The Labute approximate surface area is 201 Å². The number of hydrogen-bond acceptors (Lipinski definition) is 7. The summed E-state index contributed by atoms with van der Waals surface area (Å²) in [4.78, 5) is 38.8. The fourth-order valence-electron chi connectivity index (χ4n) is 2.87. The highest BCUT2D eigenvalue weighted by Gasteiger charge is 2.34. The monoisotopic (exact) mass is 529 g/mol. The average Bonchev–Trinajstić information content (AvgIpc) is 2.74. The van der Waals surface area contributed by atoms with E-state index in [0.717, 1.165) is 0 Å². The van der Waals surface area contributed by atoms with Crippen LogP contribution in [0.3, 0.4) is 0 Å². The molecule has 1 fully saturated rings. The number of thiocarbonyl (C=S) groups is 1. The number of rotatable bonds is 9. The van der Waals surface area contributed by atoms with Crippen molar-refractivity contribution in [1.29, 1.82) is 0 Å². The van der Waals surface area contributed by atoms with E-state index in [0.29, 0.717) is 42.1 Å². The standard InChI is InChI=1S/C21H28BrN3O6S/c1-13(2)12-31-18(26)11-16-20(28)23-6-7-25(16)21(32)24-19(27)14-4-5-17(15(22)10-14)30-9-8-29-3/h4-5,10,13,16H,6-9,11-12H2,1-3H3,(H,23,28)(H,24,27,32). The second-order valence-corrected chi connectivity index (χ2v) is 8.77. The smallest absolute Gasteiger partial charge is 0.308 e. The summed E-state index contributed by atoms with van der Waals surface area (Å²) in [6.45, 7) is 5.66. The zero-order chi connectivity index (χ0) is 23.7. The maximum absolute atomic E-state index is 12.7. The predicted molar refractivity (Wildman–Crippen MR) is 125 cm³/mol. The van der Waals surface area contributed by atoms with Crippen LogP contribution in [0.15, 0.2) is 22.7 Å². The zero-order valence-electron chi connectivity index (χ0n) is 18.3. The molecule has 0 radical (unpaired) electrons. The molecule has 0 aromatic heterocycles. The maximum Gasteiger partial charge on any atom is 0.308 e. The van der Waals surface area contributed by atoms with E-state index < -0.39 is 17.9 Å². The number of esters is 1. The lowest BCUT2D eigenvalue weighted by Crippen LogP contribution is -2.60. The second kappa shape index (κ2) is 12.7. The zero-order valence-corrected chi connectivity index (χ0v) is 20.7. The van der Waals surface area contributed by atoms with Gasteiger partial charge in [-0.2, -0.15) is 0 Å². The molecule has 176 valence electrons. The van der Waals surface area contributed by atoms with Crippen LogP contribution in [0.25, 0.3) is 0 Å². The number of nitrogens with one attached hydrogen (secondary N) is 2. The summed E-state index contributed by atoms with van der Waals surface area (Å²) < 4.78 is 16.3. The highest BCUT2D eigenvalue weighted by molar-refractivity contribution is 9.10. The largest absolute Gasteiger partial charge is 0.490 e. The number of piperazine rings is 1. The van der Waals surface area contributed by atoms with Crippen LogP contribution in [0, 0.1) is 5.92 Å². The van der Waals surface area contributed by atoms with Gasteiger partial charge in [0.25, 0.3) is 5.91 Å². The molecule has 0 aliphatic carbocycles. The lowest BCUT2D eigenvalue weighted by Gasteiger charge is -2.36. The average molecular weight is 530 g/mol. The Morgan fingerprint density at radius 2 is 2.09 bits per heavy atom. The summed E-state index contributed by atoms with van der Waals surface area (Å²) in [5.41, 5.74) is 0.354. The lowest BCUT2D eigenvalue weighted by atomic mass is 10.1. The number of ether oxygens (including phenoxy) is 3. The van der Waals surface area contributed by atoms with E-state index in [2.05, 4.69) is 26.6 Å². The van der Waals surface area contributed by atoms with Gasteiger partial charge < -0.3 is 24.4 Å². The van der Waals surface area contributed by atoms with Crippen molar-refractivity contribution in [2.45, 2.75) is 26.3 Å². The number of carbonyl (C=O) groups excluding carboxylic acids is 3. The van der Waals surface area contributed by atoms with Crippen molar-refractivity contribution >= 4 is 51.0 Å². The van der Waals surface area contributed by atoms with Crippen LogP contribution in [0.2, 0.25) is 0 Å². The minimum atomic E-state index is -0.848. The van der Waals surface area contributed by atoms with Crippen molar-refractivity contribution in [3.05, 3.63) is 28.2 Å². The Morgan fingerprint density at radius 3 is 2.75 bits per heavy atom. The number of amides is 2. The molecule has 1 unspecified atom stereocenters. The van der Waals surface area contributed by atoms with E-state index in [1.54, 1.807) is 30.2 Å². The quantitative estimate of drug-likeness (QED) is 0.283. The van der Waals surface area contributed by atoms with Gasteiger partial charge in [-0.05, 0) is 52.3 Å². The summed E-state index contributed by atoms with van der Waals surface area (Å²) in [6.07, 6.45) is -0.159. The fourth-order valence-corrected chi connectivity index (χ4v) is 3.68. The molecule has 0 spiro atoms. The topological polar surface area (TPSA) is 106 Å². The number of halogens is 1. The molecule has 1 aromatic rings. The molecule has 1 aliphatic rings. The van der Waals surface area contributed by atoms with Gasteiger partial charge in [0.15, 0.2) is 5.11 Å². The van der Waals surface area contributed by atoms with E-state index >= 15 is 0 Å². The Bertz CT molecular complexity index is 851. The van der Waals surface area contributed by atoms with Gasteiger partial charge in [-0.3, -0.25) is 19.7 Å². The maximum atomic E-state index is 12.7. The fraction of sp³-hybridized carbons (Fsp3) is 0.524. The minimum absolute atomic E-state index is 0.0723. The summed E-state index contributed by atoms with van der Waals surface area (Å²) >= 11 is 8.77. The van der Waals surface area contributed by atoms with Gasteiger partial charge >= 0.3 is 5.97 Å². The number of hydrogen-bond donors (Lipinski definition) is 2. The van der Waals surface area contributed by atoms with Crippen molar-refractivity contribution in [1.82, 2.24) is 15.5 Å². The lowest BCUT2D eigenvalue weighted by molar-refractivity contribution is -0.148.